The van der Waals surface area contributed by atoms with E-state index in [0.717, 1.165) is 31.6 Å². The largest absolute Gasteiger partial charge is 0.477 e. The summed E-state index contributed by atoms with van der Waals surface area (Å²) in [4.78, 5) is 25.0. The van der Waals surface area contributed by atoms with E-state index in [1.54, 1.807) is 23.0 Å². The van der Waals surface area contributed by atoms with Crippen molar-refractivity contribution >= 4 is 40.9 Å². The van der Waals surface area contributed by atoms with Gasteiger partial charge in [-0.3, -0.25) is 4.79 Å². The van der Waals surface area contributed by atoms with Crippen LogP contribution < -0.4 is 25.1 Å². The van der Waals surface area contributed by atoms with Crippen molar-refractivity contribution < 1.29 is 17.9 Å². The van der Waals surface area contributed by atoms with Crippen molar-refractivity contribution in [3.8, 4) is 11.7 Å². The average molecular weight is 628 g/mol. The van der Waals surface area contributed by atoms with Crippen molar-refractivity contribution in [2.45, 2.75) is 75.8 Å². The molecule has 1 amide bonds. The molecule has 13 heteroatoms. The Morgan fingerprint density at radius 1 is 1.07 bits per heavy atom. The van der Waals surface area contributed by atoms with Gasteiger partial charge in [0.1, 0.15) is 19.5 Å². The number of rotatable bonds is 5. The van der Waals surface area contributed by atoms with Crippen molar-refractivity contribution in [2.75, 3.05) is 29.9 Å². The molecule has 1 atom stereocenters. The molecule has 5 heterocycles. The second-order valence-corrected chi connectivity index (χ2v) is 15.9. The molecule has 3 aromatic heterocycles. The van der Waals surface area contributed by atoms with Crippen molar-refractivity contribution in [1.29, 1.82) is 0 Å². The van der Waals surface area contributed by atoms with E-state index in [1.165, 1.54) is 37.8 Å². The molecule has 2 N–H and O–H groups in total. The summed E-state index contributed by atoms with van der Waals surface area (Å²) in [6, 6.07) is 7.90. The van der Waals surface area contributed by atoms with Crippen LogP contribution in [0.4, 0.5) is 11.6 Å². The zero-order chi connectivity index (χ0) is 31.2. The summed E-state index contributed by atoms with van der Waals surface area (Å²) < 4.78 is 36.5. The highest BCUT2D eigenvalue weighted by Crippen LogP contribution is 2.93. The minimum atomic E-state index is -4.29. The number of carbonyl (C=O) groups is 1. The summed E-state index contributed by atoms with van der Waals surface area (Å²) in [5, 5.41) is 7.52. The van der Waals surface area contributed by atoms with Gasteiger partial charge in [-0.25, -0.2) is 19.4 Å². The van der Waals surface area contributed by atoms with E-state index in [-0.39, 0.29) is 21.9 Å². The first kappa shape index (κ1) is 28.8. The third-order valence-electron chi connectivity index (χ3n) is 11.1. The molecule has 4 fully saturated rings. The standard InChI is InChI=1S/C32H38BN7O4S/c1-30(2)18-20-4-3-15-34-27-22(33)6-8-26(36-27)45(42,43)38-29(41)21-5-7-24(35-28(21)39(30)19-20)40-16-9-25(37-40)44-17-10-23-31(11-12-31)32(23)13-14-32/h5-9,16,20,23H,3-4,10-15,17-19H2,1-2H3,(H,34,36)(H,38,41)/t20-/m0/s1. The molecule has 234 valence electrons. The van der Waals surface area contributed by atoms with Gasteiger partial charge in [-0.1, -0.05) is 11.5 Å². The molecular weight excluding hydrogens is 589 g/mol. The number of pyridine rings is 2. The molecule has 45 heavy (non-hydrogen) atoms. The van der Waals surface area contributed by atoms with E-state index in [4.69, 9.17) is 17.6 Å². The van der Waals surface area contributed by atoms with Gasteiger partial charge in [0.05, 0.1) is 12.2 Å². The van der Waals surface area contributed by atoms with Crippen molar-refractivity contribution in [1.82, 2.24) is 24.5 Å². The van der Waals surface area contributed by atoms with Crippen LogP contribution in [0.5, 0.6) is 5.88 Å². The van der Waals surface area contributed by atoms with Gasteiger partial charge in [0.15, 0.2) is 10.8 Å². The molecule has 8 rings (SSSR count). The number of aromatic nitrogens is 4. The molecule has 5 aliphatic rings. The quantitative estimate of drug-likeness (QED) is 0.409. The maximum absolute atomic E-state index is 13.7. The maximum atomic E-state index is 13.7. The molecule has 0 unspecified atom stereocenters. The molecule has 3 aromatic rings. The maximum Gasteiger partial charge on any atom is 0.281 e. The fraction of sp³-hybridized carbons (Fsp3) is 0.562. The lowest BCUT2D eigenvalue weighted by Gasteiger charge is -2.34. The van der Waals surface area contributed by atoms with Crippen LogP contribution >= 0.6 is 0 Å². The number of ether oxygens (including phenoxy) is 1. The van der Waals surface area contributed by atoms with Gasteiger partial charge < -0.3 is 15.0 Å². The van der Waals surface area contributed by atoms with Crippen LogP contribution in [0.15, 0.2) is 41.6 Å². The summed E-state index contributed by atoms with van der Waals surface area (Å²) in [5.74, 6) is 2.15. The number of hydrogen-bond donors (Lipinski definition) is 2. The van der Waals surface area contributed by atoms with Crippen molar-refractivity contribution in [3.63, 3.8) is 0 Å². The Balaban J connectivity index is 1.08. The molecule has 2 spiro atoms. The predicted octanol–water partition coefficient (Wildman–Crippen LogP) is 3.34. The molecule has 1 saturated heterocycles. The third kappa shape index (κ3) is 4.80. The van der Waals surface area contributed by atoms with E-state index >= 15 is 0 Å². The SMILES string of the molecule is [B]c1ccc2nc1NCCC[C@@H]1CN(c3nc(-n4ccc(OCCC5C6(CC6)C56CC6)n4)ccc3C(=O)NS2(=O)=O)C(C)(C)C1. The highest BCUT2D eigenvalue weighted by molar-refractivity contribution is 7.90. The van der Waals surface area contributed by atoms with Gasteiger partial charge >= 0.3 is 0 Å². The number of fused-ring (bicyclic) bond motifs is 7. The number of amides is 1. The lowest BCUT2D eigenvalue weighted by Crippen LogP contribution is -2.41. The van der Waals surface area contributed by atoms with E-state index in [1.807, 2.05) is 6.07 Å². The topological polar surface area (TPSA) is 131 Å². The zero-order valence-corrected chi connectivity index (χ0v) is 26.6. The van der Waals surface area contributed by atoms with Crippen LogP contribution in [-0.2, 0) is 10.0 Å². The summed E-state index contributed by atoms with van der Waals surface area (Å²) in [7, 11) is 1.77. The average Bonchev–Trinajstić information content (AvgIpc) is 3.95. The Hall–Kier alpha value is -3.61. The van der Waals surface area contributed by atoms with E-state index in [9.17, 15) is 13.2 Å². The second kappa shape index (κ2) is 9.95. The van der Waals surface area contributed by atoms with E-state index < -0.39 is 15.9 Å². The minimum absolute atomic E-state index is 0.163. The number of nitrogens with one attached hydrogen (secondary N) is 2. The van der Waals surface area contributed by atoms with Gasteiger partial charge in [0.25, 0.3) is 15.9 Å². The summed E-state index contributed by atoms with van der Waals surface area (Å²) in [6.45, 7) is 6.19. The van der Waals surface area contributed by atoms with Crippen LogP contribution in [0.25, 0.3) is 5.82 Å². The van der Waals surface area contributed by atoms with Gasteiger partial charge in [-0.05, 0) is 106 Å². The Bertz CT molecular complexity index is 1780. The van der Waals surface area contributed by atoms with Gasteiger partial charge in [-0.15, -0.1) is 5.10 Å². The molecule has 11 nitrogen and oxygen atoms in total. The van der Waals surface area contributed by atoms with Crippen molar-refractivity contribution in [2.24, 2.45) is 22.7 Å². The van der Waals surface area contributed by atoms with Gasteiger partial charge in [0, 0.05) is 30.9 Å². The first-order chi connectivity index (χ1) is 21.5. The predicted molar refractivity (Wildman–Crippen MR) is 170 cm³/mol. The number of hydrogen-bond acceptors (Lipinski definition) is 9. The van der Waals surface area contributed by atoms with Crippen LogP contribution in [0.2, 0.25) is 0 Å². The summed E-state index contributed by atoms with van der Waals surface area (Å²) in [5.41, 5.74) is 1.51. The Kier molecular flexibility index (Phi) is 6.37. The van der Waals surface area contributed by atoms with Crippen LogP contribution in [0, 0.1) is 22.7 Å². The van der Waals surface area contributed by atoms with Crippen LogP contribution in [0.1, 0.15) is 75.6 Å². The van der Waals surface area contributed by atoms with Crippen molar-refractivity contribution in [3.05, 3.63) is 42.1 Å². The lowest BCUT2D eigenvalue weighted by atomic mass is 9.93. The lowest BCUT2D eigenvalue weighted by molar-refractivity contribution is 0.0981. The smallest absolute Gasteiger partial charge is 0.281 e. The first-order valence-electron chi connectivity index (χ1n) is 16.1. The summed E-state index contributed by atoms with van der Waals surface area (Å²) in [6.07, 6.45) is 11.1. The zero-order valence-electron chi connectivity index (χ0n) is 25.8. The Morgan fingerprint density at radius 3 is 2.60 bits per heavy atom. The number of nitrogens with zero attached hydrogens (tertiary/aromatic N) is 5. The van der Waals surface area contributed by atoms with E-state index in [0.29, 0.717) is 59.4 Å². The number of anilines is 2. The molecule has 0 aromatic carbocycles. The molecular formula is C32H38BN7O4S. The van der Waals surface area contributed by atoms with E-state index in [2.05, 4.69) is 38.9 Å². The Morgan fingerprint density at radius 2 is 1.84 bits per heavy atom. The molecule has 3 aliphatic carbocycles. The van der Waals surface area contributed by atoms with Gasteiger partial charge in [-0.2, -0.15) is 8.42 Å². The molecule has 2 radical (unpaired) electrons. The number of sulfonamides is 1. The fourth-order valence-electron chi connectivity index (χ4n) is 8.62. The first-order valence-corrected chi connectivity index (χ1v) is 17.5. The molecule has 3 saturated carbocycles. The second-order valence-electron chi connectivity index (χ2n) is 14.2. The number of carbonyl (C=O) groups excluding carboxylic acids is 1. The minimum Gasteiger partial charge on any atom is -0.477 e. The highest BCUT2D eigenvalue weighted by atomic mass is 32.2. The molecule has 4 bridgehead atoms. The normalized spacial score (nSPS) is 25.1. The monoisotopic (exact) mass is 627 g/mol. The fourth-order valence-corrected chi connectivity index (χ4v) is 9.54. The summed E-state index contributed by atoms with van der Waals surface area (Å²) >= 11 is 0. The highest BCUT2D eigenvalue weighted by Gasteiger charge is 2.85. The van der Waals surface area contributed by atoms with Crippen LogP contribution in [0.3, 0.4) is 0 Å². The van der Waals surface area contributed by atoms with Gasteiger partial charge in [0.2, 0.25) is 5.88 Å². The third-order valence-corrected chi connectivity index (χ3v) is 12.3. The molecule has 2 aliphatic heterocycles. The van der Waals surface area contributed by atoms with Crippen LogP contribution in [-0.4, -0.2) is 67.2 Å². The Labute approximate surface area is 265 Å².